The first-order chi connectivity index (χ1) is 8.93. The van der Waals surface area contributed by atoms with Gasteiger partial charge in [-0.25, -0.2) is 13.6 Å². The summed E-state index contributed by atoms with van der Waals surface area (Å²) >= 11 is 0. The number of amides is 2. The molecule has 1 aromatic carbocycles. The van der Waals surface area contributed by atoms with Crippen molar-refractivity contribution in [2.45, 2.75) is 25.8 Å². The number of urea groups is 1. The molecule has 0 fully saturated rings. The van der Waals surface area contributed by atoms with Crippen molar-refractivity contribution in [2.75, 3.05) is 13.2 Å². The van der Waals surface area contributed by atoms with Crippen LogP contribution >= 0.6 is 0 Å². The van der Waals surface area contributed by atoms with Crippen LogP contribution in [-0.2, 0) is 0 Å². The van der Waals surface area contributed by atoms with Gasteiger partial charge in [0.05, 0.1) is 12.6 Å². The summed E-state index contributed by atoms with van der Waals surface area (Å²) in [7, 11) is 0. The monoisotopic (exact) mass is 272 g/mol. The Balaban J connectivity index is 2.48. The molecule has 19 heavy (non-hydrogen) atoms. The van der Waals surface area contributed by atoms with E-state index in [9.17, 15) is 13.6 Å². The van der Waals surface area contributed by atoms with Crippen LogP contribution in [0.2, 0.25) is 0 Å². The zero-order valence-corrected chi connectivity index (χ0v) is 10.9. The maximum absolute atomic E-state index is 13.1. The van der Waals surface area contributed by atoms with E-state index in [4.69, 9.17) is 5.11 Å². The van der Waals surface area contributed by atoms with E-state index in [1.54, 1.807) is 13.8 Å². The fourth-order valence-electron chi connectivity index (χ4n) is 1.50. The van der Waals surface area contributed by atoms with Crippen molar-refractivity contribution in [3.63, 3.8) is 0 Å². The van der Waals surface area contributed by atoms with Crippen LogP contribution in [0.5, 0.6) is 0 Å². The maximum atomic E-state index is 13.1. The van der Waals surface area contributed by atoms with Gasteiger partial charge in [0, 0.05) is 6.54 Å². The summed E-state index contributed by atoms with van der Waals surface area (Å²) in [6.07, 6.45) is 0. The molecule has 0 saturated heterocycles. The summed E-state index contributed by atoms with van der Waals surface area (Å²) in [6.45, 7) is 3.60. The predicted octanol–water partition coefficient (Wildman–Crippen LogP) is 1.75. The summed E-state index contributed by atoms with van der Waals surface area (Å²) in [5.41, 5.74) is 0.606. The number of halogens is 2. The molecule has 0 bridgehead atoms. The zero-order chi connectivity index (χ0) is 14.4. The van der Waals surface area contributed by atoms with Crippen molar-refractivity contribution in [2.24, 2.45) is 0 Å². The summed E-state index contributed by atoms with van der Waals surface area (Å²) < 4.78 is 25.8. The Morgan fingerprint density at radius 1 is 1.32 bits per heavy atom. The summed E-state index contributed by atoms with van der Waals surface area (Å²) in [5, 5.41) is 13.9. The third-order valence-electron chi connectivity index (χ3n) is 2.73. The van der Waals surface area contributed by atoms with E-state index in [2.05, 4.69) is 10.6 Å². The molecule has 0 radical (unpaired) electrons. The zero-order valence-electron chi connectivity index (χ0n) is 10.9. The molecule has 1 rings (SSSR count). The minimum absolute atomic E-state index is 0.147. The van der Waals surface area contributed by atoms with Gasteiger partial charge in [-0.3, -0.25) is 0 Å². The molecule has 1 aromatic rings. The Bertz CT molecular complexity index is 441. The van der Waals surface area contributed by atoms with E-state index in [1.165, 1.54) is 6.07 Å². The van der Waals surface area contributed by atoms with Gasteiger partial charge >= 0.3 is 6.03 Å². The van der Waals surface area contributed by atoms with Gasteiger partial charge in [-0.15, -0.1) is 0 Å². The predicted molar refractivity (Wildman–Crippen MR) is 67.9 cm³/mol. The SMILES string of the molecule is C[C@H](CNC(=O)N[C@@H](C)CO)c1ccc(F)c(F)c1. The van der Waals surface area contributed by atoms with Crippen LogP contribution in [0, 0.1) is 11.6 Å². The Hall–Kier alpha value is -1.69. The van der Waals surface area contributed by atoms with Gasteiger partial charge in [0.25, 0.3) is 0 Å². The van der Waals surface area contributed by atoms with Crippen molar-refractivity contribution in [1.82, 2.24) is 10.6 Å². The lowest BCUT2D eigenvalue weighted by Crippen LogP contribution is -2.43. The largest absolute Gasteiger partial charge is 0.394 e. The molecular weight excluding hydrogens is 254 g/mol. The number of aliphatic hydroxyl groups is 1. The second kappa shape index (κ2) is 7.04. The molecule has 4 nitrogen and oxygen atoms in total. The first-order valence-electron chi connectivity index (χ1n) is 6.04. The van der Waals surface area contributed by atoms with Crippen LogP contribution in [0.15, 0.2) is 18.2 Å². The highest BCUT2D eigenvalue weighted by atomic mass is 19.2. The first-order valence-corrected chi connectivity index (χ1v) is 6.04. The molecule has 0 aliphatic heterocycles. The van der Waals surface area contributed by atoms with Crippen LogP contribution in [-0.4, -0.2) is 30.3 Å². The smallest absolute Gasteiger partial charge is 0.315 e. The molecule has 0 unspecified atom stereocenters. The van der Waals surface area contributed by atoms with Crippen molar-refractivity contribution in [1.29, 1.82) is 0 Å². The molecule has 0 aliphatic rings. The van der Waals surface area contributed by atoms with Gasteiger partial charge in [-0.1, -0.05) is 13.0 Å². The molecule has 0 aromatic heterocycles. The molecule has 0 spiro atoms. The van der Waals surface area contributed by atoms with Gasteiger partial charge in [0.1, 0.15) is 0 Å². The fraction of sp³-hybridized carbons (Fsp3) is 0.462. The number of rotatable bonds is 5. The van der Waals surface area contributed by atoms with E-state index in [1.807, 2.05) is 0 Å². The van der Waals surface area contributed by atoms with Crippen molar-refractivity contribution < 1.29 is 18.7 Å². The summed E-state index contributed by atoms with van der Waals surface area (Å²) in [4.78, 5) is 11.4. The fourth-order valence-corrected chi connectivity index (χ4v) is 1.50. The Kier molecular flexibility index (Phi) is 5.69. The molecule has 6 heteroatoms. The topological polar surface area (TPSA) is 61.4 Å². The lowest BCUT2D eigenvalue weighted by atomic mass is 10.0. The van der Waals surface area contributed by atoms with E-state index in [-0.39, 0.29) is 25.1 Å². The van der Waals surface area contributed by atoms with E-state index >= 15 is 0 Å². The second-order valence-electron chi connectivity index (χ2n) is 4.51. The second-order valence-corrected chi connectivity index (χ2v) is 4.51. The van der Waals surface area contributed by atoms with Gasteiger partial charge in [-0.2, -0.15) is 0 Å². The average Bonchev–Trinajstić information content (AvgIpc) is 2.39. The minimum atomic E-state index is -0.900. The number of aliphatic hydroxyl groups excluding tert-OH is 1. The van der Waals surface area contributed by atoms with Crippen LogP contribution in [0.25, 0.3) is 0 Å². The number of hydrogen-bond acceptors (Lipinski definition) is 2. The van der Waals surface area contributed by atoms with Crippen molar-refractivity contribution >= 4 is 6.03 Å². The molecule has 0 saturated carbocycles. The molecule has 106 valence electrons. The summed E-state index contributed by atoms with van der Waals surface area (Å²) in [6, 6.07) is 2.93. The molecule has 2 atom stereocenters. The Morgan fingerprint density at radius 3 is 2.58 bits per heavy atom. The van der Waals surface area contributed by atoms with Crippen LogP contribution < -0.4 is 10.6 Å². The van der Waals surface area contributed by atoms with Crippen molar-refractivity contribution in [3.05, 3.63) is 35.4 Å². The number of benzene rings is 1. The van der Waals surface area contributed by atoms with Gasteiger partial charge in [-0.05, 0) is 30.5 Å². The van der Waals surface area contributed by atoms with Crippen LogP contribution in [0.3, 0.4) is 0 Å². The lowest BCUT2D eigenvalue weighted by Gasteiger charge is -2.16. The van der Waals surface area contributed by atoms with Gasteiger partial charge in [0.2, 0.25) is 0 Å². The first kappa shape index (κ1) is 15.4. The summed E-state index contributed by atoms with van der Waals surface area (Å²) in [5.74, 6) is -1.94. The quantitative estimate of drug-likeness (QED) is 0.764. The number of carbonyl (C=O) groups excluding carboxylic acids is 1. The highest BCUT2D eigenvalue weighted by molar-refractivity contribution is 5.74. The highest BCUT2D eigenvalue weighted by Crippen LogP contribution is 2.17. The average molecular weight is 272 g/mol. The van der Waals surface area contributed by atoms with Gasteiger partial charge < -0.3 is 15.7 Å². The lowest BCUT2D eigenvalue weighted by molar-refractivity contribution is 0.220. The van der Waals surface area contributed by atoms with E-state index in [0.717, 1.165) is 12.1 Å². The van der Waals surface area contributed by atoms with Crippen LogP contribution in [0.1, 0.15) is 25.3 Å². The standard InChI is InChI=1S/C13H18F2N2O2/c1-8(6-16-13(19)17-9(2)7-18)10-3-4-11(14)12(15)5-10/h3-5,8-9,18H,6-7H2,1-2H3,(H2,16,17,19)/t8-,9+/m1/s1. The number of hydrogen-bond donors (Lipinski definition) is 3. The van der Waals surface area contributed by atoms with Gasteiger partial charge in [0.15, 0.2) is 11.6 Å². The Labute approximate surface area is 110 Å². The molecule has 2 amide bonds. The normalized spacial score (nSPS) is 13.7. The third-order valence-corrected chi connectivity index (χ3v) is 2.73. The van der Waals surface area contributed by atoms with Crippen LogP contribution in [0.4, 0.5) is 13.6 Å². The molecule has 3 N–H and O–H groups in total. The Morgan fingerprint density at radius 2 is 2.00 bits per heavy atom. The van der Waals surface area contributed by atoms with E-state index < -0.39 is 17.7 Å². The molecule has 0 aliphatic carbocycles. The van der Waals surface area contributed by atoms with Crippen molar-refractivity contribution in [3.8, 4) is 0 Å². The number of nitrogens with one attached hydrogen (secondary N) is 2. The molecule has 0 heterocycles. The minimum Gasteiger partial charge on any atom is -0.394 e. The highest BCUT2D eigenvalue weighted by Gasteiger charge is 2.11. The number of carbonyl (C=O) groups is 1. The molecular formula is C13H18F2N2O2. The maximum Gasteiger partial charge on any atom is 0.315 e. The third kappa shape index (κ3) is 4.82. The van der Waals surface area contributed by atoms with E-state index in [0.29, 0.717) is 5.56 Å².